The lowest BCUT2D eigenvalue weighted by molar-refractivity contribution is -0.176. The van der Waals surface area contributed by atoms with E-state index in [1.165, 1.54) is 0 Å². The third-order valence-electron chi connectivity index (χ3n) is 2.68. The quantitative estimate of drug-likeness (QED) is 0.129. The standard InChI is InChI=1S/C12H20O16Si/c13-1-5(17)9(21)25-29(26-10(22)6(18)2-14,27-11(23)7(19)3-15)28-12(24)8(20)4-16/h5-8,13-20H,1-4H2. The first kappa shape index (κ1) is 26.8. The Labute approximate surface area is 162 Å². The van der Waals surface area contributed by atoms with Gasteiger partial charge >= 0.3 is 32.9 Å². The molecule has 0 saturated heterocycles. The minimum Gasteiger partial charge on any atom is -0.421 e. The molecule has 0 fully saturated rings. The molecule has 4 atom stereocenters. The Morgan fingerprint density at radius 1 is 0.517 bits per heavy atom. The lowest BCUT2D eigenvalue weighted by Gasteiger charge is -2.27. The number of rotatable bonds is 12. The summed E-state index contributed by atoms with van der Waals surface area (Å²) in [4.78, 5) is 47.0. The molecule has 0 saturated carbocycles. The number of carbonyl (C=O) groups excluding carboxylic acids is 4. The average Bonchev–Trinajstić information content (AvgIpc) is 2.70. The highest BCUT2D eigenvalue weighted by molar-refractivity contribution is 6.61. The zero-order valence-electron chi connectivity index (χ0n) is 14.5. The van der Waals surface area contributed by atoms with Crippen LogP contribution in [0, 0.1) is 0 Å². The van der Waals surface area contributed by atoms with Crippen LogP contribution < -0.4 is 0 Å². The van der Waals surface area contributed by atoms with Crippen LogP contribution in [0.4, 0.5) is 0 Å². The van der Waals surface area contributed by atoms with Crippen LogP contribution in [0.2, 0.25) is 0 Å². The first-order chi connectivity index (χ1) is 13.5. The van der Waals surface area contributed by atoms with Gasteiger partial charge in [-0.25, -0.2) is 0 Å². The molecular formula is C12H20O16Si. The van der Waals surface area contributed by atoms with Crippen molar-refractivity contribution in [3.05, 3.63) is 0 Å². The van der Waals surface area contributed by atoms with E-state index in [0.717, 1.165) is 0 Å². The summed E-state index contributed by atoms with van der Waals surface area (Å²) in [7, 11) is -5.85. The molecule has 0 aromatic rings. The van der Waals surface area contributed by atoms with Crippen molar-refractivity contribution in [2.24, 2.45) is 0 Å². The first-order valence-corrected chi connectivity index (χ1v) is 9.17. The fourth-order valence-electron chi connectivity index (χ4n) is 1.19. The van der Waals surface area contributed by atoms with Crippen LogP contribution in [-0.4, -0.2) is 125 Å². The van der Waals surface area contributed by atoms with Gasteiger partial charge in [0.1, 0.15) is 0 Å². The van der Waals surface area contributed by atoms with Crippen molar-refractivity contribution in [3.8, 4) is 0 Å². The van der Waals surface area contributed by atoms with E-state index in [0.29, 0.717) is 0 Å². The zero-order chi connectivity index (χ0) is 22.8. The number of aliphatic hydroxyl groups excluding tert-OH is 8. The molecule has 8 N–H and O–H groups in total. The van der Waals surface area contributed by atoms with Crippen molar-refractivity contribution in [2.45, 2.75) is 24.4 Å². The Balaban J connectivity index is 6.11. The largest absolute Gasteiger partial charge is 0.975 e. The minimum atomic E-state index is -5.85. The summed E-state index contributed by atoms with van der Waals surface area (Å²) in [6.07, 6.45) is -9.37. The molecule has 0 rings (SSSR count). The van der Waals surface area contributed by atoms with Crippen LogP contribution in [0.25, 0.3) is 0 Å². The summed E-state index contributed by atoms with van der Waals surface area (Å²) in [5.74, 6) is -7.54. The molecule has 29 heavy (non-hydrogen) atoms. The monoisotopic (exact) mass is 448 g/mol. The highest BCUT2D eigenvalue weighted by Crippen LogP contribution is 2.17. The van der Waals surface area contributed by atoms with Crippen LogP contribution in [0.1, 0.15) is 0 Å². The molecule has 17 heteroatoms. The van der Waals surface area contributed by atoms with Crippen molar-refractivity contribution in [2.75, 3.05) is 26.4 Å². The van der Waals surface area contributed by atoms with E-state index in [2.05, 4.69) is 17.7 Å². The van der Waals surface area contributed by atoms with E-state index in [9.17, 15) is 39.6 Å². The first-order valence-electron chi connectivity index (χ1n) is 7.53. The van der Waals surface area contributed by atoms with Gasteiger partial charge in [0, 0.05) is 0 Å². The maximum Gasteiger partial charge on any atom is 0.975 e. The molecule has 0 bridgehead atoms. The summed E-state index contributed by atoms with van der Waals surface area (Å²) >= 11 is 0. The van der Waals surface area contributed by atoms with Crippen molar-refractivity contribution >= 4 is 32.9 Å². The third-order valence-corrected chi connectivity index (χ3v) is 4.49. The Kier molecular flexibility index (Phi) is 11.4. The van der Waals surface area contributed by atoms with Gasteiger partial charge in [0.15, 0.2) is 24.4 Å². The zero-order valence-corrected chi connectivity index (χ0v) is 15.5. The van der Waals surface area contributed by atoms with Gasteiger partial charge in [0.25, 0.3) is 0 Å². The van der Waals surface area contributed by atoms with E-state index in [4.69, 9.17) is 20.4 Å². The Morgan fingerprint density at radius 2 is 0.690 bits per heavy atom. The van der Waals surface area contributed by atoms with Crippen LogP contribution >= 0.6 is 0 Å². The molecule has 0 aliphatic heterocycles. The summed E-state index contributed by atoms with van der Waals surface area (Å²) in [5.41, 5.74) is 0. The fourth-order valence-corrected chi connectivity index (χ4v) is 2.97. The Hall–Kier alpha value is -2.22. The molecule has 0 heterocycles. The van der Waals surface area contributed by atoms with Crippen LogP contribution in [0.15, 0.2) is 0 Å². The maximum absolute atomic E-state index is 11.7. The average molecular weight is 448 g/mol. The smallest absolute Gasteiger partial charge is 0.421 e. The SMILES string of the molecule is O=C(O[Si](OC(=O)C(O)CO)(OC(=O)C(O)CO)OC(=O)C(O)CO)C(O)CO. The highest BCUT2D eigenvalue weighted by atomic mass is 28.4. The van der Waals surface area contributed by atoms with Gasteiger partial charge in [-0.2, -0.15) is 0 Å². The highest BCUT2D eigenvalue weighted by Gasteiger charge is 2.65. The molecule has 0 aliphatic carbocycles. The molecule has 0 aromatic carbocycles. The van der Waals surface area contributed by atoms with Crippen molar-refractivity contribution in [3.63, 3.8) is 0 Å². The van der Waals surface area contributed by atoms with E-state index in [1.54, 1.807) is 0 Å². The third kappa shape index (κ3) is 8.35. The summed E-state index contributed by atoms with van der Waals surface area (Å²) in [5, 5.41) is 72.1. The van der Waals surface area contributed by atoms with Gasteiger partial charge in [-0.3, -0.25) is 19.2 Å². The molecule has 4 unspecified atom stereocenters. The molecule has 16 nitrogen and oxygen atoms in total. The number of carbonyl (C=O) groups is 4. The molecule has 0 radical (unpaired) electrons. The molecular weight excluding hydrogens is 428 g/mol. The molecule has 0 aromatic heterocycles. The summed E-state index contributed by atoms with van der Waals surface area (Å²) < 4.78 is 17.5. The second-order valence-corrected chi connectivity index (χ2v) is 6.79. The lowest BCUT2D eigenvalue weighted by Crippen LogP contribution is -2.59. The topological polar surface area (TPSA) is 267 Å². The lowest BCUT2D eigenvalue weighted by atomic mass is 10.4. The predicted molar refractivity (Wildman–Crippen MR) is 82.5 cm³/mol. The number of aliphatic hydroxyl groups is 8. The number of hydrogen-bond acceptors (Lipinski definition) is 16. The van der Waals surface area contributed by atoms with Crippen molar-refractivity contribution < 1.29 is 77.7 Å². The molecule has 0 amide bonds. The van der Waals surface area contributed by atoms with E-state index in [-0.39, 0.29) is 0 Å². The van der Waals surface area contributed by atoms with Gasteiger partial charge in [-0.1, -0.05) is 0 Å². The second kappa shape index (κ2) is 12.4. The van der Waals surface area contributed by atoms with Gasteiger partial charge in [-0.15, -0.1) is 0 Å². The molecule has 0 aliphatic rings. The Bertz CT molecular complexity index is 479. The summed E-state index contributed by atoms with van der Waals surface area (Å²) in [6, 6.07) is 0. The molecule has 0 spiro atoms. The molecule has 168 valence electrons. The second-order valence-electron chi connectivity index (χ2n) is 4.98. The maximum atomic E-state index is 11.7. The predicted octanol–water partition coefficient (Wildman–Crippen LogP) is -6.99. The van der Waals surface area contributed by atoms with Gasteiger partial charge in [-0.05, 0) is 0 Å². The number of hydrogen-bond donors (Lipinski definition) is 8. The minimum absolute atomic E-state index is 1.27. The van der Waals surface area contributed by atoms with E-state index < -0.39 is 83.8 Å². The van der Waals surface area contributed by atoms with Gasteiger partial charge < -0.3 is 58.6 Å². The van der Waals surface area contributed by atoms with Crippen LogP contribution in [0.3, 0.4) is 0 Å². The van der Waals surface area contributed by atoms with Crippen LogP contribution in [0.5, 0.6) is 0 Å². The normalized spacial score (nSPS) is 17.1. The summed E-state index contributed by atoms with van der Waals surface area (Å²) in [6.45, 7) is -5.07. The van der Waals surface area contributed by atoms with E-state index >= 15 is 0 Å². The van der Waals surface area contributed by atoms with Gasteiger partial charge in [0.05, 0.1) is 26.4 Å². The van der Waals surface area contributed by atoms with Crippen LogP contribution in [-0.2, 0) is 36.9 Å². The van der Waals surface area contributed by atoms with E-state index in [1.807, 2.05) is 0 Å². The fraction of sp³-hybridized carbons (Fsp3) is 0.667. The Morgan fingerprint density at radius 3 is 0.828 bits per heavy atom. The van der Waals surface area contributed by atoms with Gasteiger partial charge in [0.2, 0.25) is 0 Å². The van der Waals surface area contributed by atoms with Crippen molar-refractivity contribution in [1.82, 2.24) is 0 Å². The van der Waals surface area contributed by atoms with Crippen molar-refractivity contribution in [1.29, 1.82) is 0 Å².